The van der Waals surface area contributed by atoms with Crippen LogP contribution in [0.3, 0.4) is 0 Å². The summed E-state index contributed by atoms with van der Waals surface area (Å²) in [5.41, 5.74) is 0.694. The fraction of sp³-hybridized carbons (Fsp3) is 0.538. The van der Waals surface area contributed by atoms with Crippen molar-refractivity contribution < 1.29 is 23.0 Å². The Morgan fingerprint density at radius 3 is 2.53 bits per heavy atom. The lowest BCUT2D eigenvalue weighted by Crippen LogP contribution is -2.15. The number of rotatable bonds is 8. The van der Waals surface area contributed by atoms with Gasteiger partial charge in [0.2, 0.25) is 0 Å². The van der Waals surface area contributed by atoms with Crippen LogP contribution in [0.4, 0.5) is 14.5 Å². The second kappa shape index (κ2) is 7.78. The van der Waals surface area contributed by atoms with Gasteiger partial charge < -0.3 is 19.5 Å². The van der Waals surface area contributed by atoms with Gasteiger partial charge in [-0.3, -0.25) is 0 Å². The molecule has 1 aromatic rings. The Morgan fingerprint density at radius 2 is 1.95 bits per heavy atom. The summed E-state index contributed by atoms with van der Waals surface area (Å²) in [6.45, 7) is 0.450. The largest absolute Gasteiger partial charge is 0.493 e. The van der Waals surface area contributed by atoms with Crippen molar-refractivity contribution in [2.75, 3.05) is 32.7 Å². The van der Waals surface area contributed by atoms with Crippen molar-refractivity contribution in [1.82, 2.24) is 0 Å². The summed E-state index contributed by atoms with van der Waals surface area (Å²) >= 11 is 0. The van der Waals surface area contributed by atoms with Crippen molar-refractivity contribution in [2.24, 2.45) is 5.92 Å². The zero-order valence-corrected chi connectivity index (χ0v) is 11.3. The van der Waals surface area contributed by atoms with E-state index in [1.807, 2.05) is 6.92 Å². The molecular weight excluding hydrogens is 256 g/mol. The standard InChI is InChI=1S/C13H19F2NO3/c1-9(8-17-2)7-16-10-4-5-11(18-3)12(6-10)19-13(14)15/h4-6,9,13,16H,7-8H2,1-3H3. The molecular formula is C13H19F2NO3. The molecule has 0 amide bonds. The van der Waals surface area contributed by atoms with Crippen LogP contribution in [0.15, 0.2) is 18.2 Å². The lowest BCUT2D eigenvalue weighted by atomic mass is 10.2. The van der Waals surface area contributed by atoms with Crippen LogP contribution in [0, 0.1) is 5.92 Å². The highest BCUT2D eigenvalue weighted by molar-refractivity contribution is 5.54. The van der Waals surface area contributed by atoms with Gasteiger partial charge in [-0.05, 0) is 18.1 Å². The predicted molar refractivity (Wildman–Crippen MR) is 69.2 cm³/mol. The molecule has 0 aliphatic carbocycles. The SMILES string of the molecule is COCC(C)CNc1ccc(OC)c(OC(F)F)c1. The molecule has 0 saturated carbocycles. The molecule has 1 atom stereocenters. The molecule has 0 radical (unpaired) electrons. The van der Waals surface area contributed by atoms with Crippen LogP contribution >= 0.6 is 0 Å². The first kappa shape index (κ1) is 15.5. The highest BCUT2D eigenvalue weighted by Gasteiger charge is 2.11. The summed E-state index contributed by atoms with van der Waals surface area (Å²) in [6.07, 6.45) is 0. The smallest absolute Gasteiger partial charge is 0.387 e. The van der Waals surface area contributed by atoms with Crippen LogP contribution in [0.5, 0.6) is 11.5 Å². The van der Waals surface area contributed by atoms with E-state index in [1.165, 1.54) is 13.2 Å². The lowest BCUT2D eigenvalue weighted by molar-refractivity contribution is -0.0511. The molecule has 0 heterocycles. The molecule has 0 aliphatic rings. The molecule has 0 fully saturated rings. The number of ether oxygens (including phenoxy) is 3. The lowest BCUT2D eigenvalue weighted by Gasteiger charge is -2.15. The second-order valence-electron chi connectivity index (χ2n) is 4.19. The third-order valence-electron chi connectivity index (χ3n) is 2.49. The van der Waals surface area contributed by atoms with Crippen molar-refractivity contribution in [3.63, 3.8) is 0 Å². The van der Waals surface area contributed by atoms with Gasteiger partial charge in [-0.25, -0.2) is 0 Å². The molecule has 6 heteroatoms. The Labute approximate surface area is 111 Å². The monoisotopic (exact) mass is 275 g/mol. The Balaban J connectivity index is 2.69. The van der Waals surface area contributed by atoms with Crippen LogP contribution in [0.2, 0.25) is 0 Å². The molecule has 108 valence electrons. The van der Waals surface area contributed by atoms with Crippen molar-refractivity contribution in [1.29, 1.82) is 0 Å². The van der Waals surface area contributed by atoms with Crippen LogP contribution in [0.25, 0.3) is 0 Å². The number of hydrogen-bond donors (Lipinski definition) is 1. The third-order valence-corrected chi connectivity index (χ3v) is 2.49. The van der Waals surface area contributed by atoms with Gasteiger partial charge in [-0.2, -0.15) is 8.78 Å². The quantitative estimate of drug-likeness (QED) is 0.791. The maximum atomic E-state index is 12.3. The van der Waals surface area contributed by atoms with Gasteiger partial charge in [0.15, 0.2) is 11.5 Å². The highest BCUT2D eigenvalue weighted by Crippen LogP contribution is 2.31. The van der Waals surface area contributed by atoms with E-state index in [4.69, 9.17) is 9.47 Å². The Morgan fingerprint density at radius 1 is 1.21 bits per heavy atom. The van der Waals surface area contributed by atoms with E-state index in [0.29, 0.717) is 24.8 Å². The summed E-state index contributed by atoms with van der Waals surface area (Å²) in [4.78, 5) is 0. The fourth-order valence-electron chi connectivity index (χ4n) is 1.61. The fourth-order valence-corrected chi connectivity index (χ4v) is 1.61. The number of halogens is 2. The van der Waals surface area contributed by atoms with Crippen molar-refractivity contribution in [3.05, 3.63) is 18.2 Å². The third kappa shape index (κ3) is 5.30. The number of anilines is 1. The minimum Gasteiger partial charge on any atom is -0.493 e. The maximum absolute atomic E-state index is 12.3. The maximum Gasteiger partial charge on any atom is 0.387 e. The van der Waals surface area contributed by atoms with E-state index in [0.717, 1.165) is 0 Å². The molecule has 19 heavy (non-hydrogen) atoms. The molecule has 0 saturated heterocycles. The summed E-state index contributed by atoms with van der Waals surface area (Å²) in [7, 11) is 3.04. The predicted octanol–water partition coefficient (Wildman–Crippen LogP) is 2.99. The molecule has 4 nitrogen and oxygen atoms in total. The minimum absolute atomic E-state index is 0.0156. The van der Waals surface area contributed by atoms with Crippen LogP contribution in [-0.2, 0) is 4.74 Å². The first-order valence-electron chi connectivity index (χ1n) is 5.92. The number of methoxy groups -OCH3 is 2. The van der Waals surface area contributed by atoms with E-state index in [9.17, 15) is 8.78 Å². The van der Waals surface area contributed by atoms with Gasteiger partial charge in [-0.1, -0.05) is 6.92 Å². The molecule has 0 aromatic heterocycles. The zero-order valence-electron chi connectivity index (χ0n) is 11.3. The van der Waals surface area contributed by atoms with E-state index < -0.39 is 6.61 Å². The summed E-state index contributed by atoms with van der Waals surface area (Å²) in [6, 6.07) is 4.82. The first-order chi connectivity index (χ1) is 9.06. The topological polar surface area (TPSA) is 39.7 Å². The van der Waals surface area contributed by atoms with Gasteiger partial charge in [0.05, 0.1) is 13.7 Å². The van der Waals surface area contributed by atoms with Gasteiger partial charge in [-0.15, -0.1) is 0 Å². The molecule has 1 rings (SSSR count). The van der Waals surface area contributed by atoms with Crippen molar-refractivity contribution in [3.8, 4) is 11.5 Å². The normalized spacial score (nSPS) is 12.3. The van der Waals surface area contributed by atoms with Crippen molar-refractivity contribution >= 4 is 5.69 Å². The van der Waals surface area contributed by atoms with Gasteiger partial charge in [0.25, 0.3) is 0 Å². The van der Waals surface area contributed by atoms with Gasteiger partial charge >= 0.3 is 6.61 Å². The summed E-state index contributed by atoms with van der Waals surface area (Å²) < 4.78 is 38.9. The van der Waals surface area contributed by atoms with E-state index >= 15 is 0 Å². The second-order valence-corrected chi connectivity index (χ2v) is 4.19. The molecule has 0 bridgehead atoms. The Bertz CT molecular complexity index is 388. The summed E-state index contributed by atoms with van der Waals surface area (Å²) in [5.74, 6) is 0.601. The Kier molecular flexibility index (Phi) is 6.35. The summed E-state index contributed by atoms with van der Waals surface area (Å²) in [5, 5.41) is 3.13. The van der Waals surface area contributed by atoms with Crippen LogP contribution in [0.1, 0.15) is 6.92 Å². The molecule has 0 spiro atoms. The van der Waals surface area contributed by atoms with Gasteiger partial charge in [0.1, 0.15) is 0 Å². The van der Waals surface area contributed by atoms with E-state index in [-0.39, 0.29) is 11.5 Å². The molecule has 0 aliphatic heterocycles. The molecule has 1 aromatic carbocycles. The minimum atomic E-state index is -2.88. The number of benzene rings is 1. The molecule has 1 unspecified atom stereocenters. The number of alkyl halides is 2. The number of nitrogens with one attached hydrogen (secondary N) is 1. The average Bonchev–Trinajstić information content (AvgIpc) is 2.36. The van der Waals surface area contributed by atoms with Crippen LogP contribution < -0.4 is 14.8 Å². The van der Waals surface area contributed by atoms with E-state index in [1.54, 1.807) is 19.2 Å². The molecule has 1 N–H and O–H groups in total. The average molecular weight is 275 g/mol. The highest BCUT2D eigenvalue weighted by atomic mass is 19.3. The Hall–Kier alpha value is -1.56. The number of hydrogen-bond acceptors (Lipinski definition) is 4. The van der Waals surface area contributed by atoms with Gasteiger partial charge in [0, 0.05) is 25.4 Å². The first-order valence-corrected chi connectivity index (χ1v) is 5.92. The van der Waals surface area contributed by atoms with E-state index in [2.05, 4.69) is 10.1 Å². The van der Waals surface area contributed by atoms with Crippen LogP contribution in [-0.4, -0.2) is 34.0 Å². The van der Waals surface area contributed by atoms with Crippen molar-refractivity contribution in [2.45, 2.75) is 13.5 Å². The zero-order chi connectivity index (χ0) is 14.3.